The van der Waals surface area contributed by atoms with E-state index in [1.165, 1.54) is 20.0 Å². The topological polar surface area (TPSA) is 44.8 Å². The van der Waals surface area contributed by atoms with Crippen molar-refractivity contribution in [3.63, 3.8) is 0 Å². The molecule has 1 N–H and O–H groups in total. The molecule has 0 bridgehead atoms. The van der Waals surface area contributed by atoms with Gasteiger partial charge in [0, 0.05) is 12.6 Å². The van der Waals surface area contributed by atoms with E-state index in [0.717, 1.165) is 26.2 Å². The number of piperidine rings is 1. The van der Waals surface area contributed by atoms with E-state index in [2.05, 4.69) is 29.2 Å². The molecule has 0 radical (unpaired) electrons. The minimum Gasteiger partial charge on any atom is -0.468 e. The predicted molar refractivity (Wildman–Crippen MR) is 72.6 cm³/mol. The van der Waals surface area contributed by atoms with Crippen molar-refractivity contribution in [3.05, 3.63) is 0 Å². The average Bonchev–Trinajstić information content (AvgIpc) is 2.38. The van der Waals surface area contributed by atoms with Gasteiger partial charge in [0.25, 0.3) is 0 Å². The molecule has 0 aromatic heterocycles. The Morgan fingerprint density at radius 3 is 2.50 bits per heavy atom. The molecule has 1 fully saturated rings. The number of ether oxygens (including phenoxy) is 1. The van der Waals surface area contributed by atoms with E-state index < -0.39 is 0 Å². The van der Waals surface area contributed by atoms with Gasteiger partial charge in [-0.2, -0.15) is 0 Å². The SMILES string of the molecule is CCNC(CN1CCC(N(C)C)CC1)C(=O)OC. The number of esters is 1. The zero-order chi connectivity index (χ0) is 13.5. The minimum atomic E-state index is -0.198. The predicted octanol–water partition coefficient (Wildman–Crippen LogP) is 0.164. The molecular weight excluding hydrogens is 230 g/mol. The smallest absolute Gasteiger partial charge is 0.324 e. The number of likely N-dealkylation sites (tertiary alicyclic amines) is 1. The summed E-state index contributed by atoms with van der Waals surface area (Å²) in [5, 5.41) is 3.19. The number of likely N-dealkylation sites (N-methyl/N-ethyl adjacent to an activating group) is 1. The molecule has 0 spiro atoms. The first-order chi connectivity index (χ1) is 8.58. The fraction of sp³-hybridized carbons (Fsp3) is 0.923. The van der Waals surface area contributed by atoms with Crippen LogP contribution >= 0.6 is 0 Å². The molecule has 106 valence electrons. The number of carbonyl (C=O) groups excluding carboxylic acids is 1. The van der Waals surface area contributed by atoms with Crippen LogP contribution in [0.15, 0.2) is 0 Å². The third-order valence-electron chi connectivity index (χ3n) is 3.66. The molecule has 1 aliphatic heterocycles. The van der Waals surface area contributed by atoms with Crippen molar-refractivity contribution >= 4 is 5.97 Å². The Labute approximate surface area is 110 Å². The zero-order valence-corrected chi connectivity index (χ0v) is 12.1. The summed E-state index contributed by atoms with van der Waals surface area (Å²) >= 11 is 0. The highest BCUT2D eigenvalue weighted by molar-refractivity contribution is 5.75. The van der Waals surface area contributed by atoms with Gasteiger partial charge in [0.15, 0.2) is 0 Å². The molecule has 0 amide bonds. The molecule has 1 atom stereocenters. The van der Waals surface area contributed by atoms with E-state index in [1.807, 2.05) is 6.92 Å². The number of methoxy groups -OCH3 is 1. The molecule has 1 heterocycles. The minimum absolute atomic E-state index is 0.161. The van der Waals surface area contributed by atoms with Crippen LogP contribution < -0.4 is 5.32 Å². The summed E-state index contributed by atoms with van der Waals surface area (Å²) in [5.74, 6) is -0.161. The molecule has 0 aliphatic carbocycles. The van der Waals surface area contributed by atoms with Gasteiger partial charge in [0.1, 0.15) is 6.04 Å². The highest BCUT2D eigenvalue weighted by atomic mass is 16.5. The van der Waals surface area contributed by atoms with Gasteiger partial charge >= 0.3 is 5.97 Å². The van der Waals surface area contributed by atoms with Crippen molar-refractivity contribution in [2.75, 3.05) is 47.4 Å². The summed E-state index contributed by atoms with van der Waals surface area (Å²) in [6.07, 6.45) is 2.35. The second-order valence-corrected chi connectivity index (χ2v) is 5.13. The van der Waals surface area contributed by atoms with Crippen LogP contribution in [0, 0.1) is 0 Å². The molecule has 0 aromatic carbocycles. The van der Waals surface area contributed by atoms with Gasteiger partial charge in [-0.3, -0.25) is 4.79 Å². The average molecular weight is 257 g/mol. The maximum atomic E-state index is 11.6. The van der Waals surface area contributed by atoms with Crippen molar-refractivity contribution in [1.29, 1.82) is 0 Å². The number of hydrogen-bond acceptors (Lipinski definition) is 5. The van der Waals surface area contributed by atoms with Gasteiger partial charge in [-0.1, -0.05) is 6.92 Å². The Balaban J connectivity index is 2.39. The Morgan fingerprint density at radius 2 is 2.06 bits per heavy atom. The van der Waals surface area contributed by atoms with Crippen molar-refractivity contribution in [2.45, 2.75) is 31.8 Å². The first-order valence-electron chi connectivity index (χ1n) is 6.78. The van der Waals surface area contributed by atoms with E-state index in [9.17, 15) is 4.79 Å². The fourth-order valence-electron chi connectivity index (χ4n) is 2.49. The number of nitrogens with one attached hydrogen (secondary N) is 1. The molecule has 1 saturated heterocycles. The summed E-state index contributed by atoms with van der Waals surface area (Å²) < 4.78 is 4.83. The molecule has 0 saturated carbocycles. The van der Waals surface area contributed by atoms with Crippen LogP contribution in [0.1, 0.15) is 19.8 Å². The number of hydrogen-bond donors (Lipinski definition) is 1. The molecule has 5 nitrogen and oxygen atoms in total. The second kappa shape index (κ2) is 7.71. The Hall–Kier alpha value is -0.650. The van der Waals surface area contributed by atoms with E-state index in [1.54, 1.807) is 0 Å². The Morgan fingerprint density at radius 1 is 1.44 bits per heavy atom. The molecule has 1 aliphatic rings. The van der Waals surface area contributed by atoms with Crippen molar-refractivity contribution in [1.82, 2.24) is 15.1 Å². The molecule has 18 heavy (non-hydrogen) atoms. The second-order valence-electron chi connectivity index (χ2n) is 5.13. The third kappa shape index (κ3) is 4.55. The molecule has 1 rings (SSSR count). The summed E-state index contributed by atoms with van der Waals surface area (Å²) in [7, 11) is 5.72. The lowest BCUT2D eigenvalue weighted by molar-refractivity contribution is -0.143. The maximum absolute atomic E-state index is 11.6. The van der Waals surface area contributed by atoms with Crippen LogP contribution in [0.3, 0.4) is 0 Å². The lowest BCUT2D eigenvalue weighted by Gasteiger charge is -2.36. The van der Waals surface area contributed by atoms with Gasteiger partial charge < -0.3 is 19.9 Å². The van der Waals surface area contributed by atoms with Crippen LogP contribution in [0.2, 0.25) is 0 Å². The van der Waals surface area contributed by atoms with Crippen LogP contribution in [0.4, 0.5) is 0 Å². The van der Waals surface area contributed by atoms with Crippen molar-refractivity contribution in [3.8, 4) is 0 Å². The number of carbonyl (C=O) groups is 1. The van der Waals surface area contributed by atoms with Crippen LogP contribution in [-0.4, -0.2) is 75.2 Å². The molecule has 1 unspecified atom stereocenters. The quantitative estimate of drug-likeness (QED) is 0.687. The summed E-state index contributed by atoms with van der Waals surface area (Å²) in [5.41, 5.74) is 0. The van der Waals surface area contributed by atoms with E-state index in [-0.39, 0.29) is 12.0 Å². The largest absolute Gasteiger partial charge is 0.468 e. The van der Waals surface area contributed by atoms with Crippen molar-refractivity contribution < 1.29 is 9.53 Å². The van der Waals surface area contributed by atoms with Gasteiger partial charge in [-0.15, -0.1) is 0 Å². The van der Waals surface area contributed by atoms with Gasteiger partial charge in [0.2, 0.25) is 0 Å². The summed E-state index contributed by atoms with van der Waals surface area (Å²) in [6, 6.07) is 0.480. The van der Waals surface area contributed by atoms with E-state index in [0.29, 0.717) is 6.04 Å². The first-order valence-corrected chi connectivity index (χ1v) is 6.78. The standard InChI is InChI=1S/C13H27N3O2/c1-5-14-12(13(17)18-4)10-16-8-6-11(7-9-16)15(2)3/h11-12,14H,5-10H2,1-4H3. The van der Waals surface area contributed by atoms with E-state index in [4.69, 9.17) is 4.74 Å². The van der Waals surface area contributed by atoms with Crippen LogP contribution in [0.5, 0.6) is 0 Å². The van der Waals surface area contributed by atoms with E-state index >= 15 is 0 Å². The normalized spacial score (nSPS) is 20.1. The van der Waals surface area contributed by atoms with Gasteiger partial charge in [-0.05, 0) is 46.6 Å². The highest BCUT2D eigenvalue weighted by Gasteiger charge is 2.25. The zero-order valence-electron chi connectivity index (χ0n) is 12.1. The fourth-order valence-corrected chi connectivity index (χ4v) is 2.49. The monoisotopic (exact) mass is 257 g/mol. The van der Waals surface area contributed by atoms with Crippen molar-refractivity contribution in [2.24, 2.45) is 0 Å². The lowest BCUT2D eigenvalue weighted by atomic mass is 10.0. The third-order valence-corrected chi connectivity index (χ3v) is 3.66. The van der Waals surface area contributed by atoms with Gasteiger partial charge in [0.05, 0.1) is 7.11 Å². The molecular formula is C13H27N3O2. The van der Waals surface area contributed by atoms with Gasteiger partial charge in [-0.25, -0.2) is 0 Å². The molecule has 0 aromatic rings. The molecule has 5 heteroatoms. The number of nitrogens with zero attached hydrogens (tertiary/aromatic N) is 2. The van der Waals surface area contributed by atoms with Crippen LogP contribution in [0.25, 0.3) is 0 Å². The lowest BCUT2D eigenvalue weighted by Crippen LogP contribution is -2.50. The Bertz CT molecular complexity index is 251. The summed E-state index contributed by atoms with van der Waals surface area (Å²) in [6.45, 7) is 5.66. The first kappa shape index (κ1) is 15.4. The Kier molecular flexibility index (Phi) is 6.60. The summed E-state index contributed by atoms with van der Waals surface area (Å²) in [4.78, 5) is 16.3. The number of rotatable bonds is 6. The highest BCUT2D eigenvalue weighted by Crippen LogP contribution is 2.14. The van der Waals surface area contributed by atoms with Crippen LogP contribution in [-0.2, 0) is 9.53 Å². The maximum Gasteiger partial charge on any atom is 0.324 e.